The lowest BCUT2D eigenvalue weighted by Gasteiger charge is -2.31. The second-order valence-corrected chi connectivity index (χ2v) is 3.70. The fourth-order valence-electron chi connectivity index (χ4n) is 1.56. The summed E-state index contributed by atoms with van der Waals surface area (Å²) in [5.41, 5.74) is 5.42. The van der Waals surface area contributed by atoms with Gasteiger partial charge < -0.3 is 16.0 Å². The second kappa shape index (κ2) is 6.62. The van der Waals surface area contributed by atoms with Gasteiger partial charge in [0.15, 0.2) is 0 Å². The van der Waals surface area contributed by atoms with Gasteiger partial charge in [-0.2, -0.15) is 0 Å². The first-order valence-corrected chi connectivity index (χ1v) is 4.85. The van der Waals surface area contributed by atoms with Crippen LogP contribution in [0.5, 0.6) is 0 Å². The highest BCUT2D eigenvalue weighted by molar-refractivity contribution is 5.80. The molecule has 0 radical (unpaired) electrons. The SMILES string of the molecule is CC(C)N(CCO)C(C)CC(N)=NO. The van der Waals surface area contributed by atoms with Gasteiger partial charge in [-0.1, -0.05) is 5.16 Å². The van der Waals surface area contributed by atoms with Gasteiger partial charge in [-0.05, 0) is 20.8 Å². The molecule has 1 atom stereocenters. The van der Waals surface area contributed by atoms with Crippen LogP contribution in [0.25, 0.3) is 0 Å². The lowest BCUT2D eigenvalue weighted by Crippen LogP contribution is -2.42. The van der Waals surface area contributed by atoms with E-state index in [-0.39, 0.29) is 18.5 Å². The van der Waals surface area contributed by atoms with Crippen molar-refractivity contribution < 1.29 is 10.3 Å². The van der Waals surface area contributed by atoms with Crippen LogP contribution in [0.15, 0.2) is 5.16 Å². The first kappa shape index (κ1) is 13.2. The minimum absolute atomic E-state index is 0.124. The smallest absolute Gasteiger partial charge is 0.140 e. The van der Waals surface area contributed by atoms with Gasteiger partial charge in [0.1, 0.15) is 5.84 Å². The molecule has 5 nitrogen and oxygen atoms in total. The first-order valence-electron chi connectivity index (χ1n) is 4.85. The van der Waals surface area contributed by atoms with E-state index in [9.17, 15) is 0 Å². The Bertz CT molecular complexity index is 183. The summed E-state index contributed by atoms with van der Waals surface area (Å²) in [4.78, 5) is 2.11. The fraction of sp³-hybridized carbons (Fsp3) is 0.889. The van der Waals surface area contributed by atoms with Gasteiger partial charge in [-0.25, -0.2) is 0 Å². The van der Waals surface area contributed by atoms with Crippen molar-refractivity contribution >= 4 is 5.84 Å². The highest BCUT2D eigenvalue weighted by atomic mass is 16.4. The number of hydrogen-bond acceptors (Lipinski definition) is 4. The molecule has 5 heteroatoms. The summed E-state index contributed by atoms with van der Waals surface area (Å²) < 4.78 is 0. The van der Waals surface area contributed by atoms with Crippen LogP contribution in [0, 0.1) is 0 Å². The highest BCUT2D eigenvalue weighted by Crippen LogP contribution is 2.08. The van der Waals surface area contributed by atoms with E-state index in [2.05, 4.69) is 23.9 Å². The van der Waals surface area contributed by atoms with E-state index in [1.54, 1.807) is 0 Å². The van der Waals surface area contributed by atoms with Crippen molar-refractivity contribution in [1.29, 1.82) is 0 Å². The molecule has 0 aromatic heterocycles. The van der Waals surface area contributed by atoms with Crippen LogP contribution in [0.3, 0.4) is 0 Å². The van der Waals surface area contributed by atoms with Gasteiger partial charge in [0.25, 0.3) is 0 Å². The van der Waals surface area contributed by atoms with Crippen molar-refractivity contribution in [2.75, 3.05) is 13.2 Å². The summed E-state index contributed by atoms with van der Waals surface area (Å²) in [5, 5.41) is 20.2. The van der Waals surface area contributed by atoms with E-state index in [0.29, 0.717) is 19.0 Å². The summed E-state index contributed by atoms with van der Waals surface area (Å²) >= 11 is 0. The number of rotatable bonds is 6. The van der Waals surface area contributed by atoms with Gasteiger partial charge in [-0.3, -0.25) is 4.90 Å². The second-order valence-electron chi connectivity index (χ2n) is 3.70. The Morgan fingerprint density at radius 1 is 1.43 bits per heavy atom. The Morgan fingerprint density at radius 3 is 2.36 bits per heavy atom. The quantitative estimate of drug-likeness (QED) is 0.249. The molecule has 0 fully saturated rings. The molecular formula is C9H21N3O2. The molecule has 14 heavy (non-hydrogen) atoms. The van der Waals surface area contributed by atoms with Crippen LogP contribution in [-0.4, -0.2) is 46.3 Å². The molecule has 0 aliphatic heterocycles. The van der Waals surface area contributed by atoms with E-state index in [4.69, 9.17) is 16.0 Å². The van der Waals surface area contributed by atoms with E-state index in [1.807, 2.05) is 6.92 Å². The summed E-state index contributed by atoms with van der Waals surface area (Å²) in [6.45, 7) is 6.83. The molecule has 0 amide bonds. The van der Waals surface area contributed by atoms with Crippen molar-refractivity contribution in [3.05, 3.63) is 0 Å². The number of nitrogens with zero attached hydrogens (tertiary/aromatic N) is 2. The van der Waals surface area contributed by atoms with Gasteiger partial charge in [0.05, 0.1) is 6.61 Å². The summed E-state index contributed by atoms with van der Waals surface area (Å²) in [5.74, 6) is 0.223. The predicted octanol–water partition coefficient (Wildman–Crippen LogP) is 0.214. The lowest BCUT2D eigenvalue weighted by atomic mass is 10.1. The third kappa shape index (κ3) is 4.43. The van der Waals surface area contributed by atoms with Crippen LogP contribution >= 0.6 is 0 Å². The van der Waals surface area contributed by atoms with Crippen molar-refractivity contribution in [1.82, 2.24) is 4.90 Å². The number of nitrogens with two attached hydrogens (primary N) is 1. The van der Waals surface area contributed by atoms with Crippen LogP contribution in [0.4, 0.5) is 0 Å². The van der Waals surface area contributed by atoms with E-state index < -0.39 is 0 Å². The summed E-state index contributed by atoms with van der Waals surface area (Å²) in [7, 11) is 0. The number of amidine groups is 1. The van der Waals surface area contributed by atoms with Gasteiger partial charge in [0.2, 0.25) is 0 Å². The molecular weight excluding hydrogens is 182 g/mol. The maximum Gasteiger partial charge on any atom is 0.140 e. The van der Waals surface area contributed by atoms with Gasteiger partial charge in [0, 0.05) is 25.0 Å². The molecule has 1 unspecified atom stereocenters. The van der Waals surface area contributed by atoms with Crippen LogP contribution in [-0.2, 0) is 0 Å². The summed E-state index contributed by atoms with van der Waals surface area (Å²) in [6, 6.07) is 0.502. The molecule has 0 rings (SSSR count). The topological polar surface area (TPSA) is 82.1 Å². The van der Waals surface area contributed by atoms with Crippen molar-refractivity contribution in [3.8, 4) is 0 Å². The first-order chi connectivity index (χ1) is 6.52. The monoisotopic (exact) mass is 203 g/mol. The zero-order valence-electron chi connectivity index (χ0n) is 9.14. The minimum atomic E-state index is 0.124. The lowest BCUT2D eigenvalue weighted by molar-refractivity contribution is 0.128. The van der Waals surface area contributed by atoms with Crippen molar-refractivity contribution in [3.63, 3.8) is 0 Å². The number of oxime groups is 1. The predicted molar refractivity (Wildman–Crippen MR) is 56.4 cm³/mol. The molecule has 0 spiro atoms. The zero-order chi connectivity index (χ0) is 11.1. The molecule has 0 aromatic rings. The molecule has 0 heterocycles. The van der Waals surface area contributed by atoms with E-state index in [1.165, 1.54) is 0 Å². The van der Waals surface area contributed by atoms with Crippen LogP contribution in [0.1, 0.15) is 27.2 Å². The Balaban J connectivity index is 4.21. The van der Waals surface area contributed by atoms with E-state index in [0.717, 1.165) is 0 Å². The third-order valence-electron chi connectivity index (χ3n) is 2.22. The Labute approximate surface area is 85.2 Å². The Kier molecular flexibility index (Phi) is 6.23. The largest absolute Gasteiger partial charge is 0.409 e. The Morgan fingerprint density at radius 2 is 2.00 bits per heavy atom. The normalized spacial score (nSPS) is 15.1. The molecule has 0 bridgehead atoms. The van der Waals surface area contributed by atoms with E-state index >= 15 is 0 Å². The minimum Gasteiger partial charge on any atom is -0.409 e. The van der Waals surface area contributed by atoms with Crippen molar-refractivity contribution in [2.24, 2.45) is 10.9 Å². The summed E-state index contributed by atoms with van der Waals surface area (Å²) in [6.07, 6.45) is 0.509. The zero-order valence-corrected chi connectivity index (χ0v) is 9.14. The average molecular weight is 203 g/mol. The number of aliphatic hydroxyl groups is 1. The van der Waals surface area contributed by atoms with Gasteiger partial charge in [-0.15, -0.1) is 0 Å². The maximum atomic E-state index is 8.87. The Hall–Kier alpha value is -0.810. The van der Waals surface area contributed by atoms with Crippen molar-refractivity contribution in [2.45, 2.75) is 39.3 Å². The van der Waals surface area contributed by atoms with Crippen LogP contribution < -0.4 is 5.73 Å². The number of hydrogen-bond donors (Lipinski definition) is 3. The molecule has 0 saturated carbocycles. The maximum absolute atomic E-state index is 8.87. The van der Waals surface area contributed by atoms with Crippen LogP contribution in [0.2, 0.25) is 0 Å². The highest BCUT2D eigenvalue weighted by Gasteiger charge is 2.17. The number of aliphatic hydroxyl groups excluding tert-OH is 1. The molecule has 0 aromatic carbocycles. The van der Waals surface area contributed by atoms with Gasteiger partial charge >= 0.3 is 0 Å². The average Bonchev–Trinajstić information content (AvgIpc) is 2.13. The molecule has 4 N–H and O–H groups in total. The standard InChI is InChI=1S/C9H21N3O2/c1-7(2)12(4-5-13)8(3)6-9(10)11-14/h7-8,13-14H,4-6H2,1-3H3,(H2,10,11). The molecule has 0 aliphatic rings. The fourth-order valence-corrected chi connectivity index (χ4v) is 1.56. The molecule has 84 valence electrons. The molecule has 0 saturated heterocycles. The third-order valence-corrected chi connectivity index (χ3v) is 2.22. The molecule has 0 aliphatic carbocycles.